The molecular formula is C13H24BrNO. The van der Waals surface area contributed by atoms with Crippen LogP contribution in [0, 0.1) is 5.92 Å². The zero-order chi connectivity index (χ0) is 12.0. The van der Waals surface area contributed by atoms with Gasteiger partial charge in [-0.15, -0.1) is 0 Å². The molecule has 1 fully saturated rings. The smallest absolute Gasteiger partial charge is 0.225 e. The summed E-state index contributed by atoms with van der Waals surface area (Å²) >= 11 is 3.50. The topological polar surface area (TPSA) is 20.3 Å². The maximum absolute atomic E-state index is 12.2. The van der Waals surface area contributed by atoms with E-state index in [-0.39, 0.29) is 5.92 Å². The van der Waals surface area contributed by atoms with Crippen molar-refractivity contribution in [3.8, 4) is 0 Å². The normalized spacial score (nSPS) is 20.9. The summed E-state index contributed by atoms with van der Waals surface area (Å²) in [5, 5.41) is 0. The van der Waals surface area contributed by atoms with E-state index >= 15 is 0 Å². The van der Waals surface area contributed by atoms with E-state index in [0.29, 0.717) is 10.7 Å². The molecular weight excluding hydrogens is 266 g/mol. The minimum atomic E-state index is 0.288. The summed E-state index contributed by atoms with van der Waals surface area (Å²) in [7, 11) is 1.93. The fourth-order valence-corrected chi connectivity index (χ4v) is 2.92. The molecule has 0 spiro atoms. The van der Waals surface area contributed by atoms with Crippen LogP contribution in [0.1, 0.15) is 51.9 Å². The molecule has 0 radical (unpaired) electrons. The van der Waals surface area contributed by atoms with Crippen LogP contribution in [-0.4, -0.2) is 29.2 Å². The predicted octanol–water partition coefficient (Wildman–Crippen LogP) is 3.59. The molecule has 0 saturated heterocycles. The molecule has 16 heavy (non-hydrogen) atoms. The van der Waals surface area contributed by atoms with Crippen LogP contribution in [0.15, 0.2) is 0 Å². The highest BCUT2D eigenvalue weighted by Gasteiger charge is 2.22. The summed E-state index contributed by atoms with van der Waals surface area (Å²) in [6.07, 6.45) is 8.63. The number of nitrogens with zero attached hydrogens (tertiary/aromatic N) is 1. The van der Waals surface area contributed by atoms with Gasteiger partial charge in [-0.2, -0.15) is 0 Å². The number of amides is 1. The van der Waals surface area contributed by atoms with E-state index in [2.05, 4.69) is 22.9 Å². The molecule has 0 bridgehead atoms. The van der Waals surface area contributed by atoms with Gasteiger partial charge in [0.05, 0.1) is 0 Å². The molecule has 94 valence electrons. The van der Waals surface area contributed by atoms with Crippen LogP contribution >= 0.6 is 15.9 Å². The van der Waals surface area contributed by atoms with Gasteiger partial charge in [0.25, 0.3) is 0 Å². The zero-order valence-corrected chi connectivity index (χ0v) is 12.1. The minimum absolute atomic E-state index is 0.288. The molecule has 1 rings (SSSR count). The number of hydrogen-bond acceptors (Lipinski definition) is 1. The second-order valence-corrected chi connectivity index (χ2v) is 6.60. The van der Waals surface area contributed by atoms with Gasteiger partial charge in [-0.1, -0.05) is 55.0 Å². The first kappa shape index (κ1) is 14.0. The molecule has 1 amide bonds. The third-order valence-electron chi connectivity index (χ3n) is 3.36. The molecule has 1 unspecified atom stereocenters. The van der Waals surface area contributed by atoms with Crippen LogP contribution in [-0.2, 0) is 4.79 Å². The van der Waals surface area contributed by atoms with Crippen molar-refractivity contribution in [2.75, 3.05) is 13.6 Å². The lowest BCUT2D eigenvalue weighted by molar-refractivity contribution is -0.134. The molecule has 0 aromatic carbocycles. The van der Waals surface area contributed by atoms with Crippen molar-refractivity contribution in [3.05, 3.63) is 0 Å². The van der Waals surface area contributed by atoms with Crippen LogP contribution in [0.2, 0.25) is 0 Å². The van der Waals surface area contributed by atoms with Gasteiger partial charge >= 0.3 is 0 Å². The zero-order valence-electron chi connectivity index (χ0n) is 10.5. The first-order valence-electron chi connectivity index (χ1n) is 6.50. The Morgan fingerprint density at radius 2 is 1.75 bits per heavy atom. The molecule has 0 heterocycles. The summed E-state index contributed by atoms with van der Waals surface area (Å²) in [5.74, 6) is 0.643. The van der Waals surface area contributed by atoms with E-state index in [1.807, 2.05) is 11.9 Å². The Balaban J connectivity index is 2.43. The molecule has 0 aromatic heterocycles. The Morgan fingerprint density at radius 3 is 2.25 bits per heavy atom. The molecule has 0 aliphatic heterocycles. The van der Waals surface area contributed by atoms with Crippen molar-refractivity contribution in [1.82, 2.24) is 4.90 Å². The van der Waals surface area contributed by atoms with Gasteiger partial charge in [0, 0.05) is 24.3 Å². The van der Waals surface area contributed by atoms with Crippen molar-refractivity contribution in [2.45, 2.75) is 56.7 Å². The third-order valence-corrected chi connectivity index (χ3v) is 3.65. The highest BCUT2D eigenvalue weighted by atomic mass is 79.9. The Bertz CT molecular complexity index is 210. The fraction of sp³-hybridized carbons (Fsp3) is 0.923. The lowest BCUT2D eigenvalue weighted by Crippen LogP contribution is -2.36. The number of rotatable bonds is 3. The Morgan fingerprint density at radius 1 is 1.25 bits per heavy atom. The maximum atomic E-state index is 12.2. The number of carbonyl (C=O) groups excluding carboxylic acids is 1. The first-order valence-corrected chi connectivity index (χ1v) is 7.42. The second-order valence-electron chi connectivity index (χ2n) is 5.04. The van der Waals surface area contributed by atoms with Crippen molar-refractivity contribution in [1.29, 1.82) is 0 Å². The lowest BCUT2D eigenvalue weighted by atomic mass is 9.90. The number of alkyl halides is 1. The Labute approximate surface area is 108 Å². The predicted molar refractivity (Wildman–Crippen MR) is 71.8 cm³/mol. The molecule has 1 atom stereocenters. The largest absolute Gasteiger partial charge is 0.344 e. The lowest BCUT2D eigenvalue weighted by Gasteiger charge is -2.26. The molecule has 1 aliphatic rings. The average molecular weight is 290 g/mol. The molecule has 1 saturated carbocycles. The molecule has 0 aromatic rings. The minimum Gasteiger partial charge on any atom is -0.344 e. The average Bonchev–Trinajstić information content (AvgIpc) is 2.15. The van der Waals surface area contributed by atoms with Gasteiger partial charge in [0.2, 0.25) is 5.91 Å². The van der Waals surface area contributed by atoms with Crippen LogP contribution in [0.3, 0.4) is 0 Å². The van der Waals surface area contributed by atoms with E-state index in [4.69, 9.17) is 0 Å². The number of halogens is 1. The van der Waals surface area contributed by atoms with Gasteiger partial charge in [0.1, 0.15) is 0 Å². The number of hydrogen-bond donors (Lipinski definition) is 0. The summed E-state index contributed by atoms with van der Waals surface area (Å²) in [6, 6.07) is 0. The van der Waals surface area contributed by atoms with Gasteiger partial charge in [0.15, 0.2) is 0 Å². The van der Waals surface area contributed by atoms with E-state index < -0.39 is 0 Å². The van der Waals surface area contributed by atoms with Crippen molar-refractivity contribution in [2.24, 2.45) is 5.92 Å². The fourth-order valence-electron chi connectivity index (χ4n) is 2.48. The standard InChI is InChI=1S/C13H24BrNO/c1-11(14)10-15(2)13(16)12-8-6-4-3-5-7-9-12/h11-12H,3-10H2,1-2H3. The van der Waals surface area contributed by atoms with Crippen molar-refractivity contribution >= 4 is 21.8 Å². The molecule has 1 aliphatic carbocycles. The quantitative estimate of drug-likeness (QED) is 0.727. The van der Waals surface area contributed by atoms with Crippen LogP contribution < -0.4 is 0 Å². The van der Waals surface area contributed by atoms with Gasteiger partial charge in [-0.05, 0) is 12.8 Å². The highest BCUT2D eigenvalue weighted by molar-refractivity contribution is 9.09. The second kappa shape index (κ2) is 7.31. The van der Waals surface area contributed by atoms with Crippen LogP contribution in [0.4, 0.5) is 0 Å². The molecule has 0 N–H and O–H groups in total. The van der Waals surface area contributed by atoms with E-state index in [0.717, 1.165) is 19.4 Å². The molecule has 2 nitrogen and oxygen atoms in total. The maximum Gasteiger partial charge on any atom is 0.225 e. The van der Waals surface area contributed by atoms with Gasteiger partial charge in [-0.25, -0.2) is 0 Å². The highest BCUT2D eigenvalue weighted by Crippen LogP contribution is 2.23. The monoisotopic (exact) mass is 289 g/mol. The summed E-state index contributed by atoms with van der Waals surface area (Å²) in [6.45, 7) is 2.90. The Hall–Kier alpha value is -0.0500. The first-order chi connectivity index (χ1) is 7.61. The van der Waals surface area contributed by atoms with E-state index in [9.17, 15) is 4.79 Å². The van der Waals surface area contributed by atoms with Crippen molar-refractivity contribution < 1.29 is 4.79 Å². The summed E-state index contributed by atoms with van der Waals surface area (Å²) < 4.78 is 0. The van der Waals surface area contributed by atoms with E-state index in [1.54, 1.807) is 0 Å². The SMILES string of the molecule is CC(Br)CN(C)C(=O)C1CCCCCCC1. The third kappa shape index (κ3) is 4.86. The van der Waals surface area contributed by atoms with Crippen molar-refractivity contribution in [3.63, 3.8) is 0 Å². The Kier molecular flexibility index (Phi) is 6.40. The summed E-state index contributed by atoms with van der Waals surface area (Å²) in [4.78, 5) is 14.5. The van der Waals surface area contributed by atoms with Gasteiger partial charge in [-0.3, -0.25) is 4.79 Å². The van der Waals surface area contributed by atoms with Crippen LogP contribution in [0.25, 0.3) is 0 Å². The van der Waals surface area contributed by atoms with Gasteiger partial charge < -0.3 is 4.90 Å². The van der Waals surface area contributed by atoms with Crippen LogP contribution in [0.5, 0.6) is 0 Å². The van der Waals surface area contributed by atoms with E-state index in [1.165, 1.54) is 32.1 Å². The summed E-state index contributed by atoms with van der Waals surface area (Å²) in [5.41, 5.74) is 0. The molecule has 3 heteroatoms. The number of carbonyl (C=O) groups is 1.